The minimum atomic E-state index is -0.350. The number of nitrogens with one attached hydrogen (secondary N) is 2. The molecule has 35 heavy (non-hydrogen) atoms. The minimum absolute atomic E-state index is 0.328. The number of rotatable bonds is 5. The number of aromatic nitrogens is 4. The second kappa shape index (κ2) is 8.21. The quantitative estimate of drug-likeness (QED) is 0.280. The lowest BCUT2D eigenvalue weighted by Gasteiger charge is -2.14. The van der Waals surface area contributed by atoms with Crippen LogP contribution in [-0.2, 0) is 0 Å². The number of thiophene rings is 1. The zero-order valence-electron chi connectivity index (χ0n) is 19.3. The summed E-state index contributed by atoms with van der Waals surface area (Å²) >= 11 is 1.55. The van der Waals surface area contributed by atoms with E-state index in [-0.39, 0.29) is 5.82 Å². The Kier molecular flexibility index (Phi) is 5.00. The second-order valence-electron chi connectivity index (χ2n) is 8.24. The molecule has 0 aliphatic carbocycles. The van der Waals surface area contributed by atoms with Crippen LogP contribution in [0.2, 0.25) is 0 Å². The van der Waals surface area contributed by atoms with Crippen LogP contribution in [0.15, 0.2) is 65.2 Å². The number of para-hydroxylation sites is 1. The maximum absolute atomic E-state index is 14.4. The van der Waals surface area contributed by atoms with Gasteiger partial charge >= 0.3 is 6.01 Å². The molecule has 0 amide bonds. The topological polar surface area (TPSA) is 80.3 Å². The molecule has 0 aliphatic rings. The van der Waals surface area contributed by atoms with Gasteiger partial charge in [-0.25, -0.2) is 9.37 Å². The van der Waals surface area contributed by atoms with Crippen molar-refractivity contribution in [2.75, 3.05) is 17.7 Å². The van der Waals surface area contributed by atoms with Crippen molar-refractivity contribution in [1.29, 1.82) is 0 Å². The molecule has 4 heterocycles. The lowest BCUT2D eigenvalue weighted by Crippen LogP contribution is -2.01. The van der Waals surface area contributed by atoms with Crippen molar-refractivity contribution < 1.29 is 8.81 Å². The molecule has 6 rings (SSSR count). The molecule has 2 aromatic carbocycles. The van der Waals surface area contributed by atoms with E-state index in [0.717, 1.165) is 37.3 Å². The summed E-state index contributed by atoms with van der Waals surface area (Å²) in [5, 5.41) is 15.8. The van der Waals surface area contributed by atoms with Gasteiger partial charge in [0.2, 0.25) is 0 Å². The number of imidazole rings is 1. The van der Waals surface area contributed by atoms with Crippen LogP contribution in [-0.4, -0.2) is 26.6 Å². The molecule has 0 atom stereocenters. The molecular formula is C26H21FN6OS. The first-order chi connectivity index (χ1) is 17.0. The number of nitrogens with zero attached hydrogens (tertiary/aromatic N) is 4. The second-order valence-corrected chi connectivity index (χ2v) is 9.29. The standard InChI is InChI=1S/C26H21FN6OS/c1-14-7-6-8-15(2)21(14)30-24-22(29-19-12-11-16(27)13-33(19)24)20-17-9-4-5-10-18(17)35-23(20)25-31-32-26(28-3)34-25/h4-13,30H,1-3H3,(H,28,32). The summed E-state index contributed by atoms with van der Waals surface area (Å²) in [6, 6.07) is 17.6. The molecule has 0 fully saturated rings. The van der Waals surface area contributed by atoms with Gasteiger partial charge in [-0.15, -0.1) is 16.4 Å². The maximum Gasteiger partial charge on any atom is 0.315 e. The summed E-state index contributed by atoms with van der Waals surface area (Å²) in [5.41, 5.74) is 5.26. The Labute approximate surface area is 204 Å². The Morgan fingerprint density at radius 2 is 1.77 bits per heavy atom. The highest BCUT2D eigenvalue weighted by atomic mass is 32.1. The van der Waals surface area contributed by atoms with Crippen molar-refractivity contribution in [2.24, 2.45) is 0 Å². The predicted molar refractivity (Wildman–Crippen MR) is 138 cm³/mol. The fraction of sp³-hybridized carbons (Fsp3) is 0.115. The van der Waals surface area contributed by atoms with Gasteiger partial charge in [-0.3, -0.25) is 4.40 Å². The van der Waals surface area contributed by atoms with Crippen molar-refractivity contribution in [3.05, 3.63) is 77.7 Å². The van der Waals surface area contributed by atoms with Gasteiger partial charge < -0.3 is 15.1 Å². The molecule has 9 heteroatoms. The number of benzene rings is 2. The van der Waals surface area contributed by atoms with Crippen molar-refractivity contribution >= 4 is 44.6 Å². The monoisotopic (exact) mass is 484 g/mol. The molecule has 0 bridgehead atoms. The first kappa shape index (κ1) is 21.3. The van der Waals surface area contributed by atoms with Crippen molar-refractivity contribution in [1.82, 2.24) is 19.6 Å². The molecule has 0 radical (unpaired) electrons. The highest BCUT2D eigenvalue weighted by Gasteiger charge is 2.26. The largest absolute Gasteiger partial charge is 0.402 e. The molecular weight excluding hydrogens is 463 g/mol. The van der Waals surface area contributed by atoms with Gasteiger partial charge in [0.05, 0.1) is 0 Å². The van der Waals surface area contributed by atoms with Gasteiger partial charge in [0.25, 0.3) is 5.89 Å². The Balaban J connectivity index is 1.67. The van der Waals surface area contributed by atoms with Crippen LogP contribution < -0.4 is 10.6 Å². The zero-order chi connectivity index (χ0) is 24.1. The highest BCUT2D eigenvalue weighted by Crippen LogP contribution is 2.47. The number of hydrogen-bond acceptors (Lipinski definition) is 7. The van der Waals surface area contributed by atoms with Gasteiger partial charge in [0, 0.05) is 34.6 Å². The summed E-state index contributed by atoms with van der Waals surface area (Å²) in [6.07, 6.45) is 1.45. The SMILES string of the molecule is CNc1nnc(-c2sc3ccccc3c2-c2nc3ccc(F)cn3c2Nc2c(C)cccc2C)o1. The maximum atomic E-state index is 14.4. The van der Waals surface area contributed by atoms with Crippen LogP contribution in [0.25, 0.3) is 37.8 Å². The fourth-order valence-corrected chi connectivity index (χ4v) is 5.41. The van der Waals surface area contributed by atoms with E-state index < -0.39 is 0 Å². The molecule has 2 N–H and O–H groups in total. The van der Waals surface area contributed by atoms with E-state index in [1.807, 2.05) is 50.2 Å². The minimum Gasteiger partial charge on any atom is -0.402 e. The number of aryl methyl sites for hydroxylation is 2. The van der Waals surface area contributed by atoms with Crippen molar-refractivity contribution in [3.63, 3.8) is 0 Å². The number of pyridine rings is 1. The van der Waals surface area contributed by atoms with Gasteiger partial charge in [0.15, 0.2) is 0 Å². The summed E-state index contributed by atoms with van der Waals surface area (Å²) in [5.74, 6) is 0.707. The predicted octanol–water partition coefficient (Wildman–Crippen LogP) is 6.81. The van der Waals surface area contributed by atoms with Gasteiger partial charge in [-0.05, 0) is 43.2 Å². The normalized spacial score (nSPS) is 11.4. The third kappa shape index (κ3) is 3.52. The lowest BCUT2D eigenvalue weighted by atomic mass is 10.1. The van der Waals surface area contributed by atoms with Crippen LogP contribution >= 0.6 is 11.3 Å². The van der Waals surface area contributed by atoms with Crippen LogP contribution in [0.4, 0.5) is 21.9 Å². The van der Waals surface area contributed by atoms with E-state index in [1.165, 1.54) is 12.3 Å². The average Bonchev–Trinajstić information content (AvgIpc) is 3.56. The van der Waals surface area contributed by atoms with Gasteiger partial charge in [-0.2, -0.15) is 0 Å². The van der Waals surface area contributed by atoms with Crippen molar-refractivity contribution in [2.45, 2.75) is 13.8 Å². The Morgan fingerprint density at radius 3 is 2.54 bits per heavy atom. The molecule has 174 valence electrons. The number of hydrogen-bond donors (Lipinski definition) is 2. The summed E-state index contributed by atoms with van der Waals surface area (Å²) in [4.78, 5) is 5.75. The highest BCUT2D eigenvalue weighted by molar-refractivity contribution is 7.23. The molecule has 0 spiro atoms. The fourth-order valence-electron chi connectivity index (χ4n) is 4.29. The number of halogens is 1. The lowest BCUT2D eigenvalue weighted by molar-refractivity contribution is 0.587. The molecule has 7 nitrogen and oxygen atoms in total. The Morgan fingerprint density at radius 1 is 0.971 bits per heavy atom. The first-order valence-corrected chi connectivity index (χ1v) is 11.9. The molecule has 0 unspecified atom stereocenters. The van der Waals surface area contributed by atoms with Crippen LogP contribution in [0.1, 0.15) is 11.1 Å². The van der Waals surface area contributed by atoms with E-state index in [9.17, 15) is 4.39 Å². The van der Waals surface area contributed by atoms with E-state index in [2.05, 4.69) is 26.9 Å². The van der Waals surface area contributed by atoms with E-state index in [1.54, 1.807) is 28.9 Å². The van der Waals surface area contributed by atoms with Gasteiger partial charge in [0.1, 0.15) is 27.9 Å². The van der Waals surface area contributed by atoms with E-state index in [4.69, 9.17) is 9.40 Å². The zero-order valence-corrected chi connectivity index (χ0v) is 20.1. The third-order valence-corrected chi connectivity index (χ3v) is 7.13. The van der Waals surface area contributed by atoms with Crippen molar-refractivity contribution in [3.8, 4) is 22.0 Å². The molecule has 0 saturated heterocycles. The van der Waals surface area contributed by atoms with Gasteiger partial charge in [-0.1, -0.05) is 41.5 Å². The smallest absolute Gasteiger partial charge is 0.315 e. The molecule has 6 aromatic rings. The molecule has 0 saturated carbocycles. The summed E-state index contributed by atoms with van der Waals surface area (Å²) in [6.45, 7) is 4.09. The summed E-state index contributed by atoms with van der Waals surface area (Å²) < 4.78 is 23.1. The number of anilines is 3. The van der Waals surface area contributed by atoms with E-state index >= 15 is 0 Å². The molecule has 4 aromatic heterocycles. The molecule has 0 aliphatic heterocycles. The number of fused-ring (bicyclic) bond motifs is 2. The van der Waals surface area contributed by atoms with Crippen LogP contribution in [0.5, 0.6) is 0 Å². The Bertz CT molecular complexity index is 1700. The first-order valence-electron chi connectivity index (χ1n) is 11.1. The summed E-state index contributed by atoms with van der Waals surface area (Å²) in [7, 11) is 1.73. The van der Waals surface area contributed by atoms with E-state index in [0.29, 0.717) is 29.1 Å². The Hall–Kier alpha value is -4.24. The average molecular weight is 485 g/mol. The third-order valence-electron chi connectivity index (χ3n) is 5.97. The van der Waals surface area contributed by atoms with Crippen LogP contribution in [0, 0.1) is 19.7 Å². The van der Waals surface area contributed by atoms with Crippen LogP contribution in [0.3, 0.4) is 0 Å².